The summed E-state index contributed by atoms with van der Waals surface area (Å²) in [5.41, 5.74) is 0. The molecule has 0 heterocycles. The van der Waals surface area contributed by atoms with Crippen LogP contribution in [0, 0.1) is 0 Å². The molecule has 1 rings (SSSR count). The smallest absolute Gasteiger partial charge is 0.311 e. The van der Waals surface area contributed by atoms with Gasteiger partial charge in [-0.25, -0.2) is 0 Å². The van der Waals surface area contributed by atoms with Crippen LogP contribution in [0.4, 0.5) is 0 Å². The van der Waals surface area contributed by atoms with Gasteiger partial charge in [-0.1, -0.05) is 44.2 Å². The molecular formula is C18H25ClO4. The quantitative estimate of drug-likeness (QED) is 0.325. The Morgan fingerprint density at radius 2 is 1.57 bits per heavy atom. The van der Waals surface area contributed by atoms with E-state index in [1.807, 2.05) is 0 Å². The maximum absolute atomic E-state index is 11.6. The van der Waals surface area contributed by atoms with Gasteiger partial charge in [-0.15, -0.1) is 0 Å². The van der Waals surface area contributed by atoms with Gasteiger partial charge in [-0.3, -0.25) is 9.59 Å². The Morgan fingerprint density at radius 3 is 2.26 bits per heavy atom. The number of carbonyl (C=O) groups is 2. The molecule has 0 saturated carbocycles. The lowest BCUT2D eigenvalue weighted by atomic mass is 10.2. The van der Waals surface area contributed by atoms with Crippen LogP contribution in [0.5, 0.6) is 5.75 Å². The first-order valence-corrected chi connectivity index (χ1v) is 8.61. The Hall–Kier alpha value is -1.55. The second kappa shape index (κ2) is 11.9. The van der Waals surface area contributed by atoms with Gasteiger partial charge in [0.05, 0.1) is 6.61 Å². The summed E-state index contributed by atoms with van der Waals surface area (Å²) in [6.45, 7) is 2.63. The number of hydrogen-bond donors (Lipinski definition) is 0. The molecule has 0 aliphatic rings. The molecule has 128 valence electrons. The summed E-state index contributed by atoms with van der Waals surface area (Å²) in [6.07, 6.45) is 6.47. The van der Waals surface area contributed by atoms with Crippen LogP contribution in [0.15, 0.2) is 24.3 Å². The lowest BCUT2D eigenvalue weighted by Crippen LogP contribution is -2.10. The Morgan fingerprint density at radius 1 is 0.913 bits per heavy atom. The number of benzene rings is 1. The van der Waals surface area contributed by atoms with Gasteiger partial charge in [0, 0.05) is 17.9 Å². The monoisotopic (exact) mass is 340 g/mol. The second-order valence-electron chi connectivity index (χ2n) is 5.42. The van der Waals surface area contributed by atoms with Gasteiger partial charge in [0.25, 0.3) is 0 Å². The molecule has 5 heteroatoms. The predicted molar refractivity (Wildman–Crippen MR) is 90.7 cm³/mol. The molecule has 0 atom stereocenters. The van der Waals surface area contributed by atoms with E-state index in [9.17, 15) is 9.59 Å². The van der Waals surface area contributed by atoms with Crippen LogP contribution >= 0.6 is 11.6 Å². The molecule has 0 spiro atoms. The van der Waals surface area contributed by atoms with Gasteiger partial charge in [0.15, 0.2) is 0 Å². The third kappa shape index (κ3) is 9.95. The van der Waals surface area contributed by atoms with E-state index in [0.717, 1.165) is 12.8 Å². The number of halogens is 1. The van der Waals surface area contributed by atoms with Crippen molar-refractivity contribution in [1.82, 2.24) is 0 Å². The van der Waals surface area contributed by atoms with Crippen molar-refractivity contribution in [3.63, 3.8) is 0 Å². The Bertz CT molecular complexity index is 470. The number of ether oxygens (including phenoxy) is 2. The highest BCUT2D eigenvalue weighted by Crippen LogP contribution is 2.16. The molecule has 0 unspecified atom stereocenters. The SMILES string of the molecule is CCCCCCCOC(=O)CCCC(=O)Oc1ccc(Cl)cc1. The van der Waals surface area contributed by atoms with Crippen LogP contribution in [0.25, 0.3) is 0 Å². The van der Waals surface area contributed by atoms with Crippen LogP contribution in [-0.2, 0) is 14.3 Å². The molecule has 1 aromatic rings. The molecule has 4 nitrogen and oxygen atoms in total. The maximum Gasteiger partial charge on any atom is 0.311 e. The summed E-state index contributed by atoms with van der Waals surface area (Å²) < 4.78 is 10.3. The zero-order valence-corrected chi connectivity index (χ0v) is 14.4. The van der Waals surface area contributed by atoms with Crippen molar-refractivity contribution in [2.75, 3.05) is 6.61 Å². The molecule has 0 aliphatic heterocycles. The normalized spacial score (nSPS) is 10.3. The summed E-state index contributed by atoms with van der Waals surface area (Å²) in [4.78, 5) is 23.2. The third-order valence-electron chi connectivity index (χ3n) is 3.32. The molecule has 0 saturated heterocycles. The van der Waals surface area contributed by atoms with Crippen molar-refractivity contribution in [1.29, 1.82) is 0 Å². The van der Waals surface area contributed by atoms with Gasteiger partial charge in [0.2, 0.25) is 0 Å². The second-order valence-corrected chi connectivity index (χ2v) is 5.85. The summed E-state index contributed by atoms with van der Waals surface area (Å²) in [5, 5.41) is 0.585. The Labute approximate surface area is 143 Å². The number of esters is 2. The molecule has 23 heavy (non-hydrogen) atoms. The standard InChI is InChI=1S/C18H25ClO4/c1-2-3-4-5-6-14-22-17(20)8-7-9-18(21)23-16-12-10-15(19)11-13-16/h10-13H,2-9,14H2,1H3. The molecule has 0 aromatic heterocycles. The van der Waals surface area contributed by atoms with E-state index in [-0.39, 0.29) is 24.8 Å². The van der Waals surface area contributed by atoms with Crippen LogP contribution in [0.1, 0.15) is 58.3 Å². The lowest BCUT2D eigenvalue weighted by Gasteiger charge is -2.05. The van der Waals surface area contributed by atoms with Gasteiger partial charge >= 0.3 is 11.9 Å². The summed E-state index contributed by atoms with van der Waals surface area (Å²) in [7, 11) is 0. The maximum atomic E-state index is 11.6. The van der Waals surface area contributed by atoms with E-state index >= 15 is 0 Å². The van der Waals surface area contributed by atoms with Crippen LogP contribution in [-0.4, -0.2) is 18.5 Å². The van der Waals surface area contributed by atoms with Crippen LogP contribution in [0.2, 0.25) is 5.02 Å². The molecular weight excluding hydrogens is 316 g/mol. The van der Waals surface area contributed by atoms with E-state index in [2.05, 4.69) is 6.92 Å². The fourth-order valence-corrected chi connectivity index (χ4v) is 2.15. The van der Waals surface area contributed by atoms with E-state index < -0.39 is 0 Å². The fourth-order valence-electron chi connectivity index (χ4n) is 2.03. The highest BCUT2D eigenvalue weighted by atomic mass is 35.5. The molecule has 1 aromatic carbocycles. The van der Waals surface area contributed by atoms with Crippen molar-refractivity contribution in [2.24, 2.45) is 0 Å². The minimum Gasteiger partial charge on any atom is -0.466 e. The van der Waals surface area contributed by atoms with Gasteiger partial charge in [-0.05, 0) is 37.1 Å². The number of carbonyl (C=O) groups excluding carboxylic acids is 2. The van der Waals surface area contributed by atoms with Crippen molar-refractivity contribution < 1.29 is 19.1 Å². The molecule has 0 radical (unpaired) electrons. The third-order valence-corrected chi connectivity index (χ3v) is 3.57. The minimum absolute atomic E-state index is 0.189. The van der Waals surface area contributed by atoms with Gasteiger partial charge < -0.3 is 9.47 Å². The predicted octanol–water partition coefficient (Wildman–Crippen LogP) is 4.93. The van der Waals surface area contributed by atoms with Crippen molar-refractivity contribution in [2.45, 2.75) is 58.3 Å². The van der Waals surface area contributed by atoms with Crippen molar-refractivity contribution in [3.05, 3.63) is 29.3 Å². The molecule has 0 fully saturated rings. The Balaban J connectivity index is 2.05. The average molecular weight is 341 g/mol. The van der Waals surface area contributed by atoms with Crippen LogP contribution < -0.4 is 4.74 Å². The van der Waals surface area contributed by atoms with E-state index in [0.29, 0.717) is 23.8 Å². The highest BCUT2D eigenvalue weighted by molar-refractivity contribution is 6.30. The fraction of sp³-hybridized carbons (Fsp3) is 0.556. The van der Waals surface area contributed by atoms with E-state index in [1.165, 1.54) is 19.3 Å². The zero-order chi connectivity index (χ0) is 16.9. The van der Waals surface area contributed by atoms with Crippen LogP contribution in [0.3, 0.4) is 0 Å². The highest BCUT2D eigenvalue weighted by Gasteiger charge is 2.08. The summed E-state index contributed by atoms with van der Waals surface area (Å²) >= 11 is 5.75. The summed E-state index contributed by atoms with van der Waals surface area (Å²) in [5.74, 6) is -0.159. The Kier molecular flexibility index (Phi) is 10.1. The number of rotatable bonds is 11. The first-order valence-electron chi connectivity index (χ1n) is 8.23. The topological polar surface area (TPSA) is 52.6 Å². The van der Waals surface area contributed by atoms with Crippen molar-refractivity contribution in [3.8, 4) is 5.75 Å². The number of hydrogen-bond acceptors (Lipinski definition) is 4. The molecule has 0 amide bonds. The van der Waals surface area contributed by atoms with Gasteiger partial charge in [-0.2, -0.15) is 0 Å². The van der Waals surface area contributed by atoms with E-state index in [1.54, 1.807) is 24.3 Å². The molecule has 0 N–H and O–H groups in total. The molecule has 0 bridgehead atoms. The van der Waals surface area contributed by atoms with E-state index in [4.69, 9.17) is 21.1 Å². The summed E-state index contributed by atoms with van der Waals surface area (Å²) in [6, 6.07) is 6.57. The minimum atomic E-state index is -0.361. The number of unbranched alkanes of at least 4 members (excludes halogenated alkanes) is 4. The van der Waals surface area contributed by atoms with Crippen molar-refractivity contribution >= 4 is 23.5 Å². The lowest BCUT2D eigenvalue weighted by molar-refractivity contribution is -0.144. The molecule has 0 aliphatic carbocycles. The average Bonchev–Trinajstić information content (AvgIpc) is 2.53. The first kappa shape index (κ1) is 19.5. The zero-order valence-electron chi connectivity index (χ0n) is 13.7. The first-order chi connectivity index (χ1) is 11.1. The van der Waals surface area contributed by atoms with Gasteiger partial charge in [0.1, 0.15) is 5.75 Å². The largest absolute Gasteiger partial charge is 0.466 e.